The van der Waals surface area contributed by atoms with E-state index in [1.807, 2.05) is 0 Å². The van der Waals surface area contributed by atoms with Gasteiger partial charge in [-0.1, -0.05) is 39.3 Å². The molecule has 1 fully saturated rings. The average Bonchev–Trinajstić information content (AvgIpc) is 2.52. The second-order valence-corrected chi connectivity index (χ2v) is 6.49. The molecule has 0 heterocycles. The lowest BCUT2D eigenvalue weighted by Gasteiger charge is -2.22. The van der Waals surface area contributed by atoms with Crippen LogP contribution in [-0.4, -0.2) is 6.04 Å². The zero-order valence-electron chi connectivity index (χ0n) is 12.1. The number of hydrogen-bond acceptors (Lipinski definition) is 1. The number of hydrogen-bond donors (Lipinski definition) is 1. The van der Waals surface area contributed by atoms with Gasteiger partial charge in [0.05, 0.1) is 0 Å². The molecule has 0 bridgehead atoms. The lowest BCUT2D eigenvalue weighted by molar-refractivity contribution is 0.313. The van der Waals surface area contributed by atoms with Crippen molar-refractivity contribution in [3.63, 3.8) is 0 Å². The standard InChI is InChI=1S/C17H27N/c1-4-14-7-9-16(10-8-14)18-15-6-5-12-17(2,3)13-11-15/h7-10,15,18H,4-6,11-13H2,1-3H3. The number of aryl methyl sites for hydroxylation is 1. The summed E-state index contributed by atoms with van der Waals surface area (Å²) >= 11 is 0. The minimum Gasteiger partial charge on any atom is -0.382 e. The first-order valence-electron chi connectivity index (χ1n) is 7.44. The van der Waals surface area contributed by atoms with Crippen LogP contribution in [0, 0.1) is 5.41 Å². The van der Waals surface area contributed by atoms with Gasteiger partial charge in [-0.05, 0) is 55.2 Å². The molecule has 0 spiro atoms. The van der Waals surface area contributed by atoms with E-state index in [0.29, 0.717) is 11.5 Å². The van der Waals surface area contributed by atoms with Gasteiger partial charge in [-0.2, -0.15) is 0 Å². The molecule has 1 unspecified atom stereocenters. The van der Waals surface area contributed by atoms with E-state index in [1.165, 1.54) is 43.4 Å². The van der Waals surface area contributed by atoms with Gasteiger partial charge in [-0.25, -0.2) is 0 Å². The van der Waals surface area contributed by atoms with E-state index in [2.05, 4.69) is 50.4 Å². The van der Waals surface area contributed by atoms with E-state index in [0.717, 1.165) is 6.42 Å². The number of rotatable bonds is 3. The van der Waals surface area contributed by atoms with Crippen molar-refractivity contribution in [3.05, 3.63) is 29.8 Å². The van der Waals surface area contributed by atoms with Gasteiger partial charge in [-0.15, -0.1) is 0 Å². The molecule has 0 radical (unpaired) electrons. The van der Waals surface area contributed by atoms with E-state index in [-0.39, 0.29) is 0 Å². The number of nitrogens with one attached hydrogen (secondary N) is 1. The molecule has 0 aromatic heterocycles. The molecule has 2 rings (SSSR count). The predicted molar refractivity (Wildman–Crippen MR) is 80.1 cm³/mol. The van der Waals surface area contributed by atoms with Crippen LogP contribution < -0.4 is 5.32 Å². The van der Waals surface area contributed by atoms with Gasteiger partial charge >= 0.3 is 0 Å². The molecule has 1 atom stereocenters. The molecule has 100 valence electrons. The van der Waals surface area contributed by atoms with Gasteiger partial charge in [0.2, 0.25) is 0 Å². The molecular formula is C17H27N. The smallest absolute Gasteiger partial charge is 0.0342 e. The second kappa shape index (κ2) is 5.77. The Bertz CT molecular complexity index is 364. The minimum absolute atomic E-state index is 0.544. The van der Waals surface area contributed by atoms with Gasteiger partial charge in [0.15, 0.2) is 0 Å². The third-order valence-corrected chi connectivity index (χ3v) is 4.31. The Hall–Kier alpha value is -0.980. The van der Waals surface area contributed by atoms with Crippen LogP contribution in [0.4, 0.5) is 5.69 Å². The molecular weight excluding hydrogens is 218 g/mol. The monoisotopic (exact) mass is 245 g/mol. The third kappa shape index (κ3) is 3.76. The van der Waals surface area contributed by atoms with Crippen LogP contribution in [0.1, 0.15) is 58.4 Å². The molecule has 0 saturated heterocycles. The van der Waals surface area contributed by atoms with E-state index in [9.17, 15) is 0 Å². The normalized spacial score (nSPS) is 23.4. The summed E-state index contributed by atoms with van der Waals surface area (Å²) in [5, 5.41) is 3.71. The highest BCUT2D eigenvalue weighted by molar-refractivity contribution is 5.45. The van der Waals surface area contributed by atoms with E-state index < -0.39 is 0 Å². The fraction of sp³-hybridized carbons (Fsp3) is 0.647. The molecule has 1 heteroatoms. The first kappa shape index (κ1) is 13.5. The average molecular weight is 245 g/mol. The van der Waals surface area contributed by atoms with Crippen molar-refractivity contribution in [2.45, 2.75) is 65.3 Å². The van der Waals surface area contributed by atoms with Crippen molar-refractivity contribution in [3.8, 4) is 0 Å². The first-order chi connectivity index (χ1) is 8.59. The van der Waals surface area contributed by atoms with Gasteiger partial charge in [0.25, 0.3) is 0 Å². The Balaban J connectivity index is 1.92. The maximum absolute atomic E-state index is 3.71. The van der Waals surface area contributed by atoms with Crippen LogP contribution in [0.25, 0.3) is 0 Å². The Labute approximate surface area is 112 Å². The van der Waals surface area contributed by atoms with Crippen molar-refractivity contribution in [2.75, 3.05) is 5.32 Å². The van der Waals surface area contributed by atoms with Gasteiger partial charge in [0, 0.05) is 11.7 Å². The molecule has 1 aliphatic rings. The van der Waals surface area contributed by atoms with Gasteiger partial charge in [0.1, 0.15) is 0 Å². The molecule has 0 aliphatic heterocycles. The Morgan fingerprint density at radius 3 is 2.50 bits per heavy atom. The fourth-order valence-electron chi connectivity index (χ4n) is 2.88. The maximum atomic E-state index is 3.71. The summed E-state index contributed by atoms with van der Waals surface area (Å²) in [5.74, 6) is 0. The molecule has 1 aliphatic carbocycles. The fourth-order valence-corrected chi connectivity index (χ4v) is 2.88. The summed E-state index contributed by atoms with van der Waals surface area (Å²) in [6.07, 6.45) is 7.83. The van der Waals surface area contributed by atoms with Gasteiger partial charge < -0.3 is 5.32 Å². The minimum atomic E-state index is 0.544. The van der Waals surface area contributed by atoms with Crippen LogP contribution in [0.3, 0.4) is 0 Å². The van der Waals surface area contributed by atoms with Crippen LogP contribution in [0.5, 0.6) is 0 Å². The van der Waals surface area contributed by atoms with Crippen molar-refractivity contribution >= 4 is 5.69 Å². The van der Waals surface area contributed by atoms with Crippen molar-refractivity contribution in [2.24, 2.45) is 5.41 Å². The van der Waals surface area contributed by atoms with Gasteiger partial charge in [-0.3, -0.25) is 0 Å². The summed E-state index contributed by atoms with van der Waals surface area (Å²) in [6.45, 7) is 7.02. The second-order valence-electron chi connectivity index (χ2n) is 6.49. The molecule has 1 nitrogen and oxygen atoms in total. The lowest BCUT2D eigenvalue weighted by Crippen LogP contribution is -2.19. The Kier molecular flexibility index (Phi) is 4.31. The lowest BCUT2D eigenvalue weighted by atomic mass is 9.85. The van der Waals surface area contributed by atoms with Crippen LogP contribution in [0.15, 0.2) is 24.3 Å². The van der Waals surface area contributed by atoms with Crippen molar-refractivity contribution in [1.29, 1.82) is 0 Å². The Morgan fingerprint density at radius 2 is 1.83 bits per heavy atom. The van der Waals surface area contributed by atoms with E-state index in [4.69, 9.17) is 0 Å². The van der Waals surface area contributed by atoms with E-state index >= 15 is 0 Å². The molecule has 1 saturated carbocycles. The highest BCUT2D eigenvalue weighted by Gasteiger charge is 2.24. The summed E-state index contributed by atoms with van der Waals surface area (Å²) in [7, 11) is 0. The highest BCUT2D eigenvalue weighted by Crippen LogP contribution is 2.34. The number of anilines is 1. The molecule has 18 heavy (non-hydrogen) atoms. The highest BCUT2D eigenvalue weighted by atomic mass is 14.9. The third-order valence-electron chi connectivity index (χ3n) is 4.31. The van der Waals surface area contributed by atoms with Crippen LogP contribution in [0.2, 0.25) is 0 Å². The molecule has 0 amide bonds. The number of benzene rings is 1. The largest absolute Gasteiger partial charge is 0.382 e. The Morgan fingerprint density at radius 1 is 1.11 bits per heavy atom. The quantitative estimate of drug-likeness (QED) is 0.737. The maximum Gasteiger partial charge on any atom is 0.0342 e. The molecule has 1 aromatic carbocycles. The summed E-state index contributed by atoms with van der Waals surface area (Å²) in [4.78, 5) is 0. The van der Waals surface area contributed by atoms with E-state index in [1.54, 1.807) is 0 Å². The predicted octanol–water partition coefficient (Wildman–Crippen LogP) is 5.02. The SMILES string of the molecule is CCc1ccc(NC2CCCC(C)(C)CC2)cc1. The first-order valence-corrected chi connectivity index (χ1v) is 7.44. The summed E-state index contributed by atoms with van der Waals surface area (Å²) in [5.41, 5.74) is 3.25. The molecule has 1 N–H and O–H groups in total. The van der Waals surface area contributed by atoms with Crippen LogP contribution >= 0.6 is 0 Å². The van der Waals surface area contributed by atoms with Crippen molar-refractivity contribution in [1.82, 2.24) is 0 Å². The topological polar surface area (TPSA) is 12.0 Å². The molecule has 1 aromatic rings. The summed E-state index contributed by atoms with van der Waals surface area (Å²) in [6, 6.07) is 9.61. The van der Waals surface area contributed by atoms with Crippen LogP contribution in [-0.2, 0) is 6.42 Å². The zero-order chi connectivity index (χ0) is 13.0. The zero-order valence-corrected chi connectivity index (χ0v) is 12.1. The van der Waals surface area contributed by atoms with Crippen molar-refractivity contribution < 1.29 is 0 Å². The summed E-state index contributed by atoms with van der Waals surface area (Å²) < 4.78 is 0.